The molecule has 0 unspecified atom stereocenters. The van der Waals surface area contributed by atoms with Crippen molar-refractivity contribution in [2.75, 3.05) is 12.4 Å². The smallest absolute Gasteiger partial charge is 0.411 e. The van der Waals surface area contributed by atoms with Gasteiger partial charge in [-0.2, -0.15) is 4.68 Å². The van der Waals surface area contributed by atoms with Crippen molar-refractivity contribution in [1.82, 2.24) is 39.7 Å². The van der Waals surface area contributed by atoms with Gasteiger partial charge >= 0.3 is 6.09 Å². The number of halogens is 2. The van der Waals surface area contributed by atoms with Gasteiger partial charge in [0.2, 0.25) is 0 Å². The van der Waals surface area contributed by atoms with E-state index in [1.807, 2.05) is 13.8 Å². The third kappa shape index (κ3) is 5.58. The van der Waals surface area contributed by atoms with Crippen LogP contribution in [-0.2, 0) is 11.3 Å². The lowest BCUT2D eigenvalue weighted by Crippen LogP contribution is -2.26. The molecule has 3 heterocycles. The molecule has 0 bridgehead atoms. The molecule has 0 spiro atoms. The van der Waals surface area contributed by atoms with Crippen molar-refractivity contribution in [1.29, 1.82) is 0 Å². The fourth-order valence-corrected chi connectivity index (χ4v) is 4.57. The Morgan fingerprint density at radius 2 is 1.88 bits per heavy atom. The van der Waals surface area contributed by atoms with Crippen molar-refractivity contribution in [2.45, 2.75) is 26.3 Å². The zero-order chi connectivity index (χ0) is 28.4. The van der Waals surface area contributed by atoms with Crippen LogP contribution in [-0.4, -0.2) is 52.9 Å². The van der Waals surface area contributed by atoms with E-state index in [0.717, 1.165) is 5.56 Å². The minimum atomic E-state index is -0.569. The summed E-state index contributed by atoms with van der Waals surface area (Å²) in [6, 6.07) is 13.6. The maximum atomic E-state index is 13.5. The number of anilines is 1. The second-order valence-corrected chi connectivity index (χ2v) is 9.85. The molecule has 40 heavy (non-hydrogen) atoms. The molecule has 0 radical (unpaired) electrons. The van der Waals surface area contributed by atoms with Gasteiger partial charge in [0.25, 0.3) is 5.56 Å². The molecule has 3 aromatic heterocycles. The number of methoxy groups -OCH3 is 1. The summed E-state index contributed by atoms with van der Waals surface area (Å²) in [5, 5.41) is 14.8. The summed E-state index contributed by atoms with van der Waals surface area (Å²) in [7, 11) is 1.29. The average molecular weight is 580 g/mol. The van der Waals surface area contributed by atoms with Crippen molar-refractivity contribution in [3.63, 3.8) is 0 Å². The van der Waals surface area contributed by atoms with E-state index in [1.54, 1.807) is 47.0 Å². The van der Waals surface area contributed by atoms with E-state index in [4.69, 9.17) is 28.2 Å². The fourth-order valence-electron chi connectivity index (χ4n) is 4.14. The third-order valence-corrected chi connectivity index (χ3v) is 6.50. The molecule has 204 valence electrons. The molecule has 0 aliphatic heterocycles. The van der Waals surface area contributed by atoms with Crippen LogP contribution < -0.4 is 10.9 Å². The van der Waals surface area contributed by atoms with Crippen molar-refractivity contribution < 1.29 is 9.53 Å². The Morgan fingerprint density at radius 1 is 1.10 bits per heavy atom. The van der Waals surface area contributed by atoms with Crippen LogP contribution in [0, 0.1) is 0 Å². The summed E-state index contributed by atoms with van der Waals surface area (Å²) >= 11 is 12.8. The average Bonchev–Trinajstić information content (AvgIpc) is 3.60. The molecule has 0 atom stereocenters. The normalized spacial score (nSPS) is 11.2. The second kappa shape index (κ2) is 11.3. The van der Waals surface area contributed by atoms with E-state index in [9.17, 15) is 9.59 Å². The van der Waals surface area contributed by atoms with Crippen LogP contribution in [0.15, 0.2) is 59.7 Å². The van der Waals surface area contributed by atoms with Gasteiger partial charge in [-0.05, 0) is 40.8 Å². The zero-order valence-corrected chi connectivity index (χ0v) is 23.1. The molecule has 2 aromatic carbocycles. The Morgan fingerprint density at radius 3 is 2.55 bits per heavy atom. The van der Waals surface area contributed by atoms with Crippen LogP contribution in [0.2, 0.25) is 10.2 Å². The van der Waals surface area contributed by atoms with Gasteiger partial charge in [0, 0.05) is 33.8 Å². The first kappa shape index (κ1) is 27.0. The van der Waals surface area contributed by atoms with Crippen molar-refractivity contribution in [3.8, 4) is 28.2 Å². The van der Waals surface area contributed by atoms with Crippen LogP contribution in [0.25, 0.3) is 28.2 Å². The first-order valence-electron chi connectivity index (χ1n) is 12.1. The second-order valence-electron chi connectivity index (χ2n) is 9.03. The molecular formula is C26H23Cl2N9O3. The number of tetrazole rings is 1. The van der Waals surface area contributed by atoms with Gasteiger partial charge in [-0.15, -0.1) is 5.10 Å². The third-order valence-electron chi connectivity index (χ3n) is 5.99. The molecule has 0 aliphatic carbocycles. The molecule has 14 heteroatoms. The highest BCUT2D eigenvalue weighted by molar-refractivity contribution is 6.32. The first-order chi connectivity index (χ1) is 19.2. The van der Waals surface area contributed by atoms with Crippen molar-refractivity contribution in [3.05, 3.63) is 87.0 Å². The zero-order valence-electron chi connectivity index (χ0n) is 21.6. The van der Waals surface area contributed by atoms with Crippen LogP contribution in [0.1, 0.15) is 31.4 Å². The molecule has 0 fully saturated rings. The molecule has 1 amide bonds. The van der Waals surface area contributed by atoms with E-state index in [2.05, 4.69) is 35.5 Å². The lowest BCUT2D eigenvalue weighted by Gasteiger charge is -2.16. The van der Waals surface area contributed by atoms with Crippen molar-refractivity contribution in [2.24, 2.45) is 0 Å². The number of rotatable bonds is 7. The van der Waals surface area contributed by atoms with Gasteiger partial charge in [-0.25, -0.2) is 14.8 Å². The van der Waals surface area contributed by atoms with Gasteiger partial charge in [-0.3, -0.25) is 14.7 Å². The van der Waals surface area contributed by atoms with Gasteiger partial charge in [0.1, 0.15) is 28.8 Å². The molecule has 5 aromatic rings. The van der Waals surface area contributed by atoms with Gasteiger partial charge in [0.15, 0.2) is 0 Å². The number of nitrogens with zero attached hydrogens (tertiary/aromatic N) is 7. The minimum absolute atomic E-state index is 0.0944. The quantitative estimate of drug-likeness (QED) is 0.276. The van der Waals surface area contributed by atoms with E-state index in [-0.39, 0.29) is 18.0 Å². The number of imidazole rings is 1. The standard InChI is InChI=1S/C26H23Cl2N9O3/c1-14(2)25-31-19(18-10-16(27)6-9-20(18)37-13-29-34-35-37)11-22(38)36(25)12-21-32-23(24(28)33-21)15-4-7-17(8-5-15)30-26(39)40-3/h4-11,13-14H,12H2,1-3H3,(H,30,39)(H,32,33). The Bertz CT molecular complexity index is 1730. The van der Waals surface area contributed by atoms with Gasteiger partial charge in [0.05, 0.1) is 25.0 Å². The highest BCUT2D eigenvalue weighted by Gasteiger charge is 2.19. The Hall–Kier alpha value is -4.55. The number of ether oxygens (including phenoxy) is 1. The number of hydrogen-bond donors (Lipinski definition) is 2. The number of H-pyrrole nitrogens is 1. The number of nitrogens with one attached hydrogen (secondary N) is 2. The molecule has 2 N–H and O–H groups in total. The number of amides is 1. The predicted octanol–water partition coefficient (Wildman–Crippen LogP) is 4.93. The van der Waals surface area contributed by atoms with Crippen LogP contribution in [0.3, 0.4) is 0 Å². The molecule has 5 rings (SSSR count). The van der Waals surface area contributed by atoms with Crippen LogP contribution in [0.5, 0.6) is 0 Å². The van der Waals surface area contributed by atoms with Crippen molar-refractivity contribution >= 4 is 35.0 Å². The fraction of sp³-hybridized carbons (Fsp3) is 0.192. The molecular weight excluding hydrogens is 557 g/mol. The topological polar surface area (TPSA) is 146 Å². The Labute approximate surface area is 238 Å². The summed E-state index contributed by atoms with van der Waals surface area (Å²) in [5.74, 6) is 0.938. The molecule has 0 aliphatic rings. The molecule has 0 saturated heterocycles. The summed E-state index contributed by atoms with van der Waals surface area (Å²) in [5.41, 5.74) is 3.20. The summed E-state index contributed by atoms with van der Waals surface area (Å²) in [4.78, 5) is 37.4. The maximum Gasteiger partial charge on any atom is 0.411 e. The number of aromatic nitrogens is 8. The largest absolute Gasteiger partial charge is 0.453 e. The lowest BCUT2D eigenvalue weighted by molar-refractivity contribution is 0.187. The SMILES string of the molecule is COC(=O)Nc1ccc(-c2nc(Cn3c(C(C)C)nc(-c4cc(Cl)ccc4-n4cnnn4)cc3=O)[nH]c2Cl)cc1. The van der Waals surface area contributed by atoms with Gasteiger partial charge in [-0.1, -0.05) is 49.2 Å². The summed E-state index contributed by atoms with van der Waals surface area (Å²) < 4.78 is 7.65. The number of carbonyl (C=O) groups excluding carboxylic acids is 1. The minimum Gasteiger partial charge on any atom is -0.453 e. The Kier molecular flexibility index (Phi) is 7.63. The highest BCUT2D eigenvalue weighted by Crippen LogP contribution is 2.30. The summed E-state index contributed by atoms with van der Waals surface area (Å²) in [6.45, 7) is 4.02. The number of aromatic amines is 1. The van der Waals surface area contributed by atoms with E-state index >= 15 is 0 Å². The molecule has 12 nitrogen and oxygen atoms in total. The number of carbonyl (C=O) groups is 1. The van der Waals surface area contributed by atoms with Crippen LogP contribution >= 0.6 is 23.2 Å². The highest BCUT2D eigenvalue weighted by atomic mass is 35.5. The maximum absolute atomic E-state index is 13.5. The van der Waals surface area contributed by atoms with Gasteiger partial charge < -0.3 is 9.72 Å². The van der Waals surface area contributed by atoms with E-state index < -0.39 is 6.09 Å². The first-order valence-corrected chi connectivity index (χ1v) is 12.8. The summed E-state index contributed by atoms with van der Waals surface area (Å²) in [6.07, 6.45) is 0.888. The Balaban J connectivity index is 1.49. The lowest BCUT2D eigenvalue weighted by atomic mass is 10.1. The van der Waals surface area contributed by atoms with E-state index in [1.165, 1.54) is 24.2 Å². The number of hydrogen-bond acceptors (Lipinski definition) is 8. The monoisotopic (exact) mass is 579 g/mol. The van der Waals surface area contributed by atoms with E-state index in [0.29, 0.717) is 50.2 Å². The number of benzene rings is 2. The predicted molar refractivity (Wildman–Crippen MR) is 150 cm³/mol. The molecule has 0 saturated carbocycles. The van der Waals surface area contributed by atoms with Crippen LogP contribution in [0.4, 0.5) is 10.5 Å².